The number of rotatable bonds is 8. The predicted molar refractivity (Wildman–Crippen MR) is 57.6 cm³/mol. The zero-order chi connectivity index (χ0) is 13.3. The fourth-order valence-corrected chi connectivity index (χ4v) is 1.14. The second-order valence-electron chi connectivity index (χ2n) is 3.42. The Kier molecular flexibility index (Phi) is 9.10. The molecule has 0 fully saturated rings. The first-order valence-electron chi connectivity index (χ1n) is 5.24. The van der Waals surface area contributed by atoms with Gasteiger partial charge in [0.1, 0.15) is 0 Å². The van der Waals surface area contributed by atoms with Gasteiger partial charge < -0.3 is 9.47 Å². The zero-order valence-electron chi connectivity index (χ0n) is 9.84. The molecule has 102 valence electrons. The molecule has 0 aliphatic carbocycles. The van der Waals surface area contributed by atoms with E-state index in [1.807, 2.05) is 0 Å². The van der Waals surface area contributed by atoms with Crippen molar-refractivity contribution in [2.24, 2.45) is 0 Å². The number of ether oxygens (including phenoxy) is 2. The molecule has 2 N–H and O–H groups in total. The van der Waals surface area contributed by atoms with Crippen LogP contribution in [0.3, 0.4) is 0 Å². The molecule has 0 aromatic heterocycles. The maximum atomic E-state index is 10.9. The van der Waals surface area contributed by atoms with E-state index in [1.54, 1.807) is 6.92 Å². The molecule has 0 heterocycles. The number of nitrogens with zero attached hydrogens (tertiary/aromatic N) is 1. The summed E-state index contributed by atoms with van der Waals surface area (Å²) in [6.45, 7) is 3.41. The van der Waals surface area contributed by atoms with Crippen LogP contribution >= 0.6 is 11.6 Å². The first-order chi connectivity index (χ1) is 7.91. The fraction of sp³-hybridized carbons (Fsp3) is 0.889. The summed E-state index contributed by atoms with van der Waals surface area (Å²) in [6.07, 6.45) is 0.797. The van der Waals surface area contributed by atoms with Crippen molar-refractivity contribution in [3.63, 3.8) is 0 Å². The van der Waals surface area contributed by atoms with Crippen LogP contribution in [0, 0.1) is 0 Å². The molecule has 0 radical (unpaired) electrons. The molecule has 0 bridgehead atoms. The molecule has 0 spiro atoms. The smallest absolute Gasteiger partial charge is 0.434 e. The van der Waals surface area contributed by atoms with E-state index >= 15 is 0 Å². The Balaban J connectivity index is 3.37. The normalized spacial score (nSPS) is 14.5. The van der Waals surface area contributed by atoms with Gasteiger partial charge in [0.05, 0.1) is 18.1 Å². The summed E-state index contributed by atoms with van der Waals surface area (Å²) < 4.78 is 9.26. The van der Waals surface area contributed by atoms with E-state index in [9.17, 15) is 4.79 Å². The Morgan fingerprint density at radius 2 is 2.00 bits per heavy atom. The Hall–Kier alpha value is -0.600. The molecule has 1 unspecified atom stereocenters. The van der Waals surface area contributed by atoms with Crippen LogP contribution in [-0.4, -0.2) is 40.2 Å². The molecular formula is C9H18ClNO6. The SMILES string of the molecule is CC(Cl)OC(=O)OCCCC[C@H](C)ON(O)O. The van der Waals surface area contributed by atoms with E-state index in [1.165, 1.54) is 6.92 Å². The van der Waals surface area contributed by atoms with Crippen LogP contribution < -0.4 is 0 Å². The number of hydrogen-bond acceptors (Lipinski definition) is 7. The number of carbonyl (C=O) groups excluding carboxylic acids is 1. The third-order valence-electron chi connectivity index (χ3n) is 1.76. The van der Waals surface area contributed by atoms with Gasteiger partial charge >= 0.3 is 6.16 Å². The highest BCUT2D eigenvalue weighted by molar-refractivity contribution is 6.19. The van der Waals surface area contributed by atoms with Crippen LogP contribution in [0.15, 0.2) is 0 Å². The number of hydrogen-bond donors (Lipinski definition) is 2. The molecule has 2 atom stereocenters. The van der Waals surface area contributed by atoms with Crippen molar-refractivity contribution in [3.05, 3.63) is 0 Å². The summed E-state index contributed by atoms with van der Waals surface area (Å²) in [6, 6.07) is 0. The van der Waals surface area contributed by atoms with E-state index in [0.29, 0.717) is 19.3 Å². The molecule has 0 saturated carbocycles. The second kappa shape index (κ2) is 9.43. The van der Waals surface area contributed by atoms with Gasteiger partial charge in [0.2, 0.25) is 0 Å². The van der Waals surface area contributed by atoms with Crippen LogP contribution in [0.1, 0.15) is 33.1 Å². The minimum absolute atomic E-state index is 0.219. The second-order valence-corrected chi connectivity index (χ2v) is 4.04. The van der Waals surface area contributed by atoms with Gasteiger partial charge in [-0.3, -0.25) is 10.4 Å². The highest BCUT2D eigenvalue weighted by Gasteiger charge is 2.08. The maximum Gasteiger partial charge on any atom is 0.509 e. The Morgan fingerprint density at radius 3 is 2.53 bits per heavy atom. The molecule has 0 aromatic rings. The van der Waals surface area contributed by atoms with Gasteiger partial charge in [0.15, 0.2) is 5.56 Å². The topological polar surface area (TPSA) is 88.5 Å². The van der Waals surface area contributed by atoms with Gasteiger partial charge in [-0.25, -0.2) is 9.63 Å². The van der Waals surface area contributed by atoms with Crippen molar-refractivity contribution in [2.75, 3.05) is 6.61 Å². The highest BCUT2D eigenvalue weighted by atomic mass is 35.5. The Morgan fingerprint density at radius 1 is 1.35 bits per heavy atom. The van der Waals surface area contributed by atoms with Crippen molar-refractivity contribution in [3.8, 4) is 0 Å². The van der Waals surface area contributed by atoms with Crippen molar-refractivity contribution < 1.29 is 29.5 Å². The monoisotopic (exact) mass is 271 g/mol. The van der Waals surface area contributed by atoms with Gasteiger partial charge in [-0.15, -0.1) is 0 Å². The third-order valence-corrected chi connectivity index (χ3v) is 1.85. The molecule has 0 rings (SSSR count). The summed E-state index contributed by atoms with van der Waals surface area (Å²) >= 11 is 5.41. The first-order valence-corrected chi connectivity index (χ1v) is 5.67. The molecule has 0 aromatic carbocycles. The highest BCUT2D eigenvalue weighted by Crippen LogP contribution is 2.06. The lowest BCUT2D eigenvalue weighted by Gasteiger charge is -2.13. The van der Waals surface area contributed by atoms with Crippen molar-refractivity contribution in [1.29, 1.82) is 0 Å². The molecule has 0 saturated heterocycles. The van der Waals surface area contributed by atoms with E-state index in [0.717, 1.165) is 0 Å². The lowest BCUT2D eigenvalue weighted by Crippen LogP contribution is -2.21. The fourth-order valence-electron chi connectivity index (χ4n) is 1.07. The summed E-state index contributed by atoms with van der Waals surface area (Å²) in [5, 5.41) is 16.4. The lowest BCUT2D eigenvalue weighted by molar-refractivity contribution is -0.503. The van der Waals surface area contributed by atoms with Crippen molar-refractivity contribution in [1.82, 2.24) is 5.39 Å². The summed E-state index contributed by atoms with van der Waals surface area (Å²) in [5.74, 6) is 0. The lowest BCUT2D eigenvalue weighted by atomic mass is 10.2. The standard InChI is InChI=1S/C9H18ClNO6/c1-7(17-11(13)14)5-3-4-6-15-9(12)16-8(2)10/h7-8,13-14H,3-6H2,1-2H3/t7-,8?/m0/s1. The van der Waals surface area contributed by atoms with Crippen molar-refractivity contribution in [2.45, 2.75) is 44.8 Å². The number of unbranched alkanes of at least 4 members (excludes halogenated alkanes) is 1. The summed E-state index contributed by atoms with van der Waals surface area (Å²) in [5.41, 5.74) is -0.712. The van der Waals surface area contributed by atoms with Gasteiger partial charge in [0, 0.05) is 0 Å². The summed E-state index contributed by atoms with van der Waals surface area (Å²) in [7, 11) is 0. The quantitative estimate of drug-likeness (QED) is 0.303. The predicted octanol–water partition coefficient (Wildman–Crippen LogP) is 2.30. The van der Waals surface area contributed by atoms with E-state index in [-0.39, 0.29) is 18.1 Å². The van der Waals surface area contributed by atoms with Crippen LogP contribution in [0.2, 0.25) is 0 Å². The Bertz CT molecular complexity index is 214. The average Bonchev–Trinajstić information content (AvgIpc) is 2.14. The van der Waals surface area contributed by atoms with Gasteiger partial charge in [0.25, 0.3) is 0 Å². The summed E-state index contributed by atoms with van der Waals surface area (Å²) in [4.78, 5) is 15.4. The number of alkyl halides is 1. The molecule has 0 aliphatic rings. The largest absolute Gasteiger partial charge is 0.509 e. The molecule has 7 nitrogen and oxygen atoms in total. The first kappa shape index (κ1) is 16.4. The number of halogens is 1. The third kappa shape index (κ3) is 11.7. The van der Waals surface area contributed by atoms with Crippen molar-refractivity contribution >= 4 is 17.8 Å². The molecule has 17 heavy (non-hydrogen) atoms. The van der Waals surface area contributed by atoms with Crippen LogP contribution in [0.25, 0.3) is 0 Å². The number of carbonyl (C=O) groups is 1. The van der Waals surface area contributed by atoms with E-state index < -0.39 is 11.7 Å². The van der Waals surface area contributed by atoms with Gasteiger partial charge in [-0.2, -0.15) is 0 Å². The average molecular weight is 272 g/mol. The molecule has 0 amide bonds. The molecule has 8 heteroatoms. The van der Waals surface area contributed by atoms with E-state index in [2.05, 4.69) is 9.57 Å². The molecular weight excluding hydrogens is 254 g/mol. The van der Waals surface area contributed by atoms with Gasteiger partial charge in [-0.05, 0) is 33.1 Å². The maximum absolute atomic E-state index is 10.9. The minimum atomic E-state index is -0.798. The van der Waals surface area contributed by atoms with Crippen LogP contribution in [0.5, 0.6) is 0 Å². The van der Waals surface area contributed by atoms with E-state index in [4.69, 9.17) is 26.8 Å². The minimum Gasteiger partial charge on any atom is -0.434 e. The van der Waals surface area contributed by atoms with Gasteiger partial charge in [-0.1, -0.05) is 11.6 Å². The zero-order valence-corrected chi connectivity index (χ0v) is 10.6. The Labute approximate surface area is 105 Å². The van der Waals surface area contributed by atoms with Crippen LogP contribution in [-0.2, 0) is 14.3 Å². The van der Waals surface area contributed by atoms with Crippen LogP contribution in [0.4, 0.5) is 4.79 Å². The molecule has 0 aliphatic heterocycles.